The number of ether oxygens (including phenoxy) is 4. The van der Waals surface area contributed by atoms with Crippen molar-refractivity contribution in [2.75, 3.05) is 39.6 Å². The van der Waals surface area contributed by atoms with E-state index in [-0.39, 0.29) is 25.7 Å². The normalized spacial score (nSPS) is 14.4. The van der Waals surface area contributed by atoms with Gasteiger partial charge in [-0.05, 0) is 69.1 Å². The molecule has 0 aromatic heterocycles. The van der Waals surface area contributed by atoms with Gasteiger partial charge in [-0.3, -0.25) is 37.3 Å². The van der Waals surface area contributed by atoms with Crippen molar-refractivity contribution in [2.24, 2.45) is 17.8 Å². The molecule has 101 heavy (non-hydrogen) atoms. The summed E-state index contributed by atoms with van der Waals surface area (Å²) in [6.07, 6.45) is 63.2. The molecule has 0 aliphatic rings. The Kier molecular flexibility index (Phi) is 70.0. The second-order valence-electron chi connectivity index (χ2n) is 30.0. The van der Waals surface area contributed by atoms with Crippen LogP contribution in [0.15, 0.2) is 24.3 Å². The summed E-state index contributed by atoms with van der Waals surface area (Å²) in [5.74, 6) is 0.204. The molecule has 0 aliphatic carbocycles. The Morgan fingerprint density at radius 1 is 0.327 bits per heavy atom. The highest BCUT2D eigenvalue weighted by Crippen LogP contribution is 2.45. The number of hydrogen-bond acceptors (Lipinski definition) is 15. The summed E-state index contributed by atoms with van der Waals surface area (Å²) in [6, 6.07) is 0. The third kappa shape index (κ3) is 74.2. The van der Waals surface area contributed by atoms with E-state index in [1.807, 2.05) is 0 Å². The van der Waals surface area contributed by atoms with E-state index in [1.54, 1.807) is 0 Å². The standard InChI is InChI=1S/C82H156O17P2/c1-8-10-11-12-13-14-15-16-21-25-28-34-42-49-56-63-79(84)92-69-77(98-81(86)65-58-51-44-35-29-26-23-20-18-17-19-22-24-27-32-39-46-53-60-73(3)4)71-96-100(88,89)94-67-76(83)68-95-101(90,91)97-72-78(70-93-80(85)64-57-50-43-38-37-41-48-55-62-75(7)9-2)99-82(87)66-59-52-45-36-31-30-33-40-47-54-61-74(5)6/h14-16,21,73-78,83H,8-13,17-20,22-72H2,1-7H3,(H,88,89)(H,90,91)/b15-14-,21-16-/t75?,76-,77-,78-/m1/s1. The van der Waals surface area contributed by atoms with Gasteiger partial charge in [0, 0.05) is 25.7 Å². The molecule has 596 valence electrons. The average Bonchev–Trinajstić information content (AvgIpc) is 0.954. The molecule has 17 nitrogen and oxygen atoms in total. The number of allylic oxidation sites excluding steroid dienone is 4. The quantitative estimate of drug-likeness (QED) is 0.0169. The van der Waals surface area contributed by atoms with E-state index in [0.29, 0.717) is 25.7 Å². The maximum Gasteiger partial charge on any atom is 0.472 e. The van der Waals surface area contributed by atoms with E-state index in [4.69, 9.17) is 37.0 Å². The van der Waals surface area contributed by atoms with Gasteiger partial charge in [-0.15, -0.1) is 0 Å². The second kappa shape index (κ2) is 71.8. The summed E-state index contributed by atoms with van der Waals surface area (Å²) in [4.78, 5) is 73.0. The molecule has 0 saturated carbocycles. The third-order valence-electron chi connectivity index (χ3n) is 18.9. The SMILES string of the molecule is CCCCCC/C=C\C=C/CCCCCCCC(=O)OC[C@H](COP(=O)(O)OC[C@@H](O)COP(=O)(O)OC[C@@H](COC(=O)CCCCCCCCCCC(C)CC)OC(=O)CCCCCCCCCCCCC(C)C)OC(=O)CCCCCCCCCCCCCCCCCCCCC(C)C. The van der Waals surface area contributed by atoms with Crippen LogP contribution in [-0.4, -0.2) is 96.7 Å². The van der Waals surface area contributed by atoms with E-state index >= 15 is 0 Å². The predicted octanol–water partition coefficient (Wildman–Crippen LogP) is 24.1. The number of phosphoric acid groups is 2. The fourth-order valence-electron chi connectivity index (χ4n) is 12.1. The topological polar surface area (TPSA) is 237 Å². The summed E-state index contributed by atoms with van der Waals surface area (Å²) >= 11 is 0. The first-order valence-electron chi connectivity index (χ1n) is 41.7. The van der Waals surface area contributed by atoms with E-state index in [9.17, 15) is 43.2 Å². The lowest BCUT2D eigenvalue weighted by atomic mass is 9.99. The summed E-state index contributed by atoms with van der Waals surface area (Å²) < 4.78 is 68.7. The number of rotatable bonds is 78. The minimum absolute atomic E-state index is 0.101. The lowest BCUT2D eigenvalue weighted by Gasteiger charge is -2.21. The summed E-state index contributed by atoms with van der Waals surface area (Å²) in [5.41, 5.74) is 0. The summed E-state index contributed by atoms with van der Waals surface area (Å²) in [6.45, 7) is 11.9. The predicted molar refractivity (Wildman–Crippen MR) is 414 cm³/mol. The lowest BCUT2D eigenvalue weighted by Crippen LogP contribution is -2.30. The number of phosphoric ester groups is 2. The number of aliphatic hydroxyl groups excluding tert-OH is 1. The molecule has 0 saturated heterocycles. The number of hydrogen-bond donors (Lipinski definition) is 3. The fraction of sp³-hybridized carbons (Fsp3) is 0.902. The molecule has 19 heteroatoms. The van der Waals surface area contributed by atoms with Gasteiger partial charge in [0.15, 0.2) is 12.2 Å². The number of carbonyl (C=O) groups is 4. The Bertz CT molecular complexity index is 2050. The van der Waals surface area contributed by atoms with Gasteiger partial charge in [0.25, 0.3) is 0 Å². The van der Waals surface area contributed by atoms with Crippen LogP contribution in [-0.2, 0) is 65.4 Å². The van der Waals surface area contributed by atoms with Crippen molar-refractivity contribution in [3.05, 3.63) is 24.3 Å². The van der Waals surface area contributed by atoms with Crippen LogP contribution in [0.3, 0.4) is 0 Å². The molecule has 6 atom stereocenters. The van der Waals surface area contributed by atoms with Gasteiger partial charge in [0.05, 0.1) is 26.4 Å². The first-order valence-corrected chi connectivity index (χ1v) is 44.7. The lowest BCUT2D eigenvalue weighted by molar-refractivity contribution is -0.161. The van der Waals surface area contributed by atoms with Gasteiger partial charge in [0.2, 0.25) is 0 Å². The minimum Gasteiger partial charge on any atom is -0.462 e. The molecule has 0 spiro atoms. The summed E-state index contributed by atoms with van der Waals surface area (Å²) in [5, 5.41) is 10.6. The third-order valence-corrected chi connectivity index (χ3v) is 20.8. The van der Waals surface area contributed by atoms with E-state index in [0.717, 1.165) is 127 Å². The van der Waals surface area contributed by atoms with Crippen molar-refractivity contribution in [1.82, 2.24) is 0 Å². The Morgan fingerprint density at radius 3 is 0.881 bits per heavy atom. The molecule has 3 unspecified atom stereocenters. The highest BCUT2D eigenvalue weighted by Gasteiger charge is 2.30. The Hall–Kier alpha value is -2.46. The summed E-state index contributed by atoms with van der Waals surface area (Å²) in [7, 11) is -9.93. The number of esters is 4. The van der Waals surface area contributed by atoms with Crippen molar-refractivity contribution in [1.29, 1.82) is 0 Å². The molecular formula is C82H156O17P2. The number of carbonyl (C=O) groups excluding carboxylic acids is 4. The molecule has 0 heterocycles. The van der Waals surface area contributed by atoms with Crippen LogP contribution < -0.4 is 0 Å². The maximum absolute atomic E-state index is 13.1. The Labute approximate surface area is 618 Å². The molecule has 0 rings (SSSR count). The van der Waals surface area contributed by atoms with Crippen LogP contribution >= 0.6 is 15.6 Å². The number of unbranched alkanes of at least 4 members (excludes halogenated alkanes) is 42. The first kappa shape index (κ1) is 98.5. The molecule has 0 aromatic carbocycles. The molecule has 0 amide bonds. The first-order chi connectivity index (χ1) is 48.8. The van der Waals surface area contributed by atoms with E-state index in [2.05, 4.69) is 72.8 Å². The van der Waals surface area contributed by atoms with Crippen molar-refractivity contribution in [3.8, 4) is 0 Å². The molecule has 0 bridgehead atoms. The van der Waals surface area contributed by atoms with Crippen LogP contribution in [0.1, 0.15) is 402 Å². The Morgan fingerprint density at radius 2 is 0.584 bits per heavy atom. The van der Waals surface area contributed by atoms with Gasteiger partial charge >= 0.3 is 39.5 Å². The van der Waals surface area contributed by atoms with Crippen molar-refractivity contribution >= 4 is 39.5 Å². The smallest absolute Gasteiger partial charge is 0.462 e. The largest absolute Gasteiger partial charge is 0.472 e. The Balaban J connectivity index is 5.27. The molecule has 0 radical (unpaired) electrons. The second-order valence-corrected chi connectivity index (χ2v) is 32.9. The maximum atomic E-state index is 13.1. The van der Waals surface area contributed by atoms with Gasteiger partial charge in [-0.2, -0.15) is 0 Å². The van der Waals surface area contributed by atoms with Crippen molar-refractivity contribution in [3.63, 3.8) is 0 Å². The van der Waals surface area contributed by atoms with Gasteiger partial charge < -0.3 is 33.8 Å². The van der Waals surface area contributed by atoms with Crippen LogP contribution in [0.4, 0.5) is 0 Å². The van der Waals surface area contributed by atoms with Gasteiger partial charge in [0.1, 0.15) is 19.3 Å². The molecule has 3 N–H and O–H groups in total. The monoisotopic (exact) mass is 1480 g/mol. The highest BCUT2D eigenvalue weighted by atomic mass is 31.2. The van der Waals surface area contributed by atoms with Gasteiger partial charge in [-0.25, -0.2) is 9.13 Å². The highest BCUT2D eigenvalue weighted by molar-refractivity contribution is 7.47. The van der Waals surface area contributed by atoms with E-state index in [1.165, 1.54) is 193 Å². The molecular weight excluding hydrogens is 1320 g/mol. The zero-order valence-corrected chi connectivity index (χ0v) is 67.6. The number of aliphatic hydroxyl groups is 1. The fourth-order valence-corrected chi connectivity index (χ4v) is 13.7. The van der Waals surface area contributed by atoms with E-state index < -0.39 is 97.5 Å². The molecule has 0 aromatic rings. The zero-order chi connectivity index (χ0) is 74.4. The average molecular weight is 1480 g/mol. The van der Waals surface area contributed by atoms with Crippen molar-refractivity contribution < 1.29 is 80.2 Å². The van der Waals surface area contributed by atoms with Crippen LogP contribution in [0, 0.1) is 17.8 Å². The van der Waals surface area contributed by atoms with Crippen molar-refractivity contribution in [2.45, 2.75) is 420 Å². The van der Waals surface area contributed by atoms with Crippen LogP contribution in [0.2, 0.25) is 0 Å². The van der Waals surface area contributed by atoms with Gasteiger partial charge in [-0.1, -0.05) is 349 Å². The minimum atomic E-state index is -4.97. The molecule has 0 aliphatic heterocycles. The van der Waals surface area contributed by atoms with Crippen LogP contribution in [0.5, 0.6) is 0 Å². The molecule has 0 fully saturated rings. The zero-order valence-electron chi connectivity index (χ0n) is 65.9. The van der Waals surface area contributed by atoms with Crippen LogP contribution in [0.25, 0.3) is 0 Å².